The first-order valence-corrected chi connectivity index (χ1v) is 6.25. The van der Waals surface area contributed by atoms with Gasteiger partial charge in [-0.3, -0.25) is 4.90 Å². The molecule has 1 aromatic rings. The van der Waals surface area contributed by atoms with Gasteiger partial charge in [-0.25, -0.2) is 0 Å². The highest BCUT2D eigenvalue weighted by Crippen LogP contribution is 2.16. The minimum atomic E-state index is 0.320. The maximum Gasteiger partial charge on any atom is 0.0742 e. The third-order valence-corrected chi connectivity index (χ3v) is 3.27. The van der Waals surface area contributed by atoms with Gasteiger partial charge < -0.3 is 5.84 Å². The van der Waals surface area contributed by atoms with E-state index in [2.05, 4.69) is 45.6 Å². The molecule has 0 spiro atoms. The summed E-state index contributed by atoms with van der Waals surface area (Å²) in [6.45, 7) is 3.26. The van der Waals surface area contributed by atoms with Gasteiger partial charge in [-0.2, -0.15) is 5.11 Å². The number of nitrogens with zero attached hydrogens (tertiary/aromatic N) is 3. The van der Waals surface area contributed by atoms with Crippen molar-refractivity contribution in [2.45, 2.75) is 31.8 Å². The Morgan fingerprint density at radius 2 is 2.00 bits per heavy atom. The summed E-state index contributed by atoms with van der Waals surface area (Å²) in [5.74, 6) is 5.11. The average molecular weight is 232 g/mol. The quantitative estimate of drug-likeness (QED) is 0.494. The van der Waals surface area contributed by atoms with E-state index in [0.717, 1.165) is 32.5 Å². The Morgan fingerprint density at radius 1 is 1.18 bits per heavy atom. The van der Waals surface area contributed by atoms with Crippen LogP contribution in [-0.2, 0) is 6.54 Å². The highest BCUT2D eigenvalue weighted by atomic mass is 15.3. The molecular weight excluding hydrogens is 212 g/mol. The van der Waals surface area contributed by atoms with Crippen LogP contribution in [0.5, 0.6) is 0 Å². The van der Waals surface area contributed by atoms with Gasteiger partial charge in [0.25, 0.3) is 0 Å². The first-order valence-electron chi connectivity index (χ1n) is 6.25. The zero-order valence-electron chi connectivity index (χ0n) is 10.1. The van der Waals surface area contributed by atoms with Crippen LogP contribution in [0.1, 0.15) is 24.8 Å². The van der Waals surface area contributed by atoms with E-state index in [9.17, 15) is 0 Å². The lowest BCUT2D eigenvalue weighted by Gasteiger charge is -2.19. The van der Waals surface area contributed by atoms with Crippen LogP contribution in [0.15, 0.2) is 40.7 Å². The molecule has 1 heterocycles. The van der Waals surface area contributed by atoms with Gasteiger partial charge in [0.2, 0.25) is 0 Å². The summed E-state index contributed by atoms with van der Waals surface area (Å²) in [4.78, 5) is 2.49. The van der Waals surface area contributed by atoms with E-state index in [4.69, 9.17) is 5.84 Å². The van der Waals surface area contributed by atoms with E-state index in [-0.39, 0.29) is 0 Å². The molecule has 1 aromatic carbocycles. The molecule has 0 bridgehead atoms. The van der Waals surface area contributed by atoms with Gasteiger partial charge >= 0.3 is 0 Å². The van der Waals surface area contributed by atoms with E-state index in [0.29, 0.717) is 6.04 Å². The second kappa shape index (κ2) is 6.35. The Balaban J connectivity index is 1.87. The van der Waals surface area contributed by atoms with E-state index >= 15 is 0 Å². The van der Waals surface area contributed by atoms with Crippen LogP contribution >= 0.6 is 0 Å². The zero-order chi connectivity index (χ0) is 11.9. The molecule has 2 N–H and O–H groups in total. The fraction of sp³-hybridized carbons (Fsp3) is 0.538. The topological polar surface area (TPSA) is 54.0 Å². The van der Waals surface area contributed by atoms with Crippen molar-refractivity contribution in [1.82, 2.24) is 4.90 Å². The largest absolute Gasteiger partial charge is 0.305 e. The highest BCUT2D eigenvalue weighted by Gasteiger charge is 2.16. The van der Waals surface area contributed by atoms with Gasteiger partial charge in [0.15, 0.2) is 0 Å². The minimum Gasteiger partial charge on any atom is -0.305 e. The molecule has 2 rings (SSSR count). The van der Waals surface area contributed by atoms with Gasteiger partial charge in [-0.1, -0.05) is 35.6 Å². The van der Waals surface area contributed by atoms with E-state index in [1.165, 1.54) is 12.0 Å². The lowest BCUT2D eigenvalue weighted by Crippen LogP contribution is -2.24. The third-order valence-electron chi connectivity index (χ3n) is 3.27. The fourth-order valence-corrected chi connectivity index (χ4v) is 2.35. The molecule has 1 atom stereocenters. The van der Waals surface area contributed by atoms with Crippen LogP contribution in [0, 0.1) is 0 Å². The van der Waals surface area contributed by atoms with Gasteiger partial charge in [0.05, 0.1) is 6.04 Å². The molecule has 4 heteroatoms. The molecule has 0 aliphatic carbocycles. The monoisotopic (exact) mass is 232 g/mol. The van der Waals surface area contributed by atoms with Crippen molar-refractivity contribution in [1.29, 1.82) is 0 Å². The maximum absolute atomic E-state index is 5.11. The SMILES string of the molecule is NN=NC1CCCN(Cc2ccccc2)CC1. The normalized spacial score (nSPS) is 22.7. The molecule has 4 nitrogen and oxygen atoms in total. The van der Waals surface area contributed by atoms with Crippen molar-refractivity contribution in [3.05, 3.63) is 35.9 Å². The third kappa shape index (κ3) is 3.82. The summed E-state index contributed by atoms with van der Waals surface area (Å²) >= 11 is 0. The molecule has 1 unspecified atom stereocenters. The molecule has 17 heavy (non-hydrogen) atoms. The molecule has 0 radical (unpaired) electrons. The Morgan fingerprint density at radius 3 is 2.76 bits per heavy atom. The first kappa shape index (κ1) is 12.0. The number of hydrogen-bond acceptors (Lipinski definition) is 3. The maximum atomic E-state index is 5.11. The Bertz CT molecular complexity index is 350. The van der Waals surface area contributed by atoms with Gasteiger partial charge in [-0.05, 0) is 31.4 Å². The molecule has 1 saturated heterocycles. The minimum absolute atomic E-state index is 0.320. The summed E-state index contributed by atoms with van der Waals surface area (Å²) in [7, 11) is 0. The fourth-order valence-electron chi connectivity index (χ4n) is 2.35. The summed E-state index contributed by atoms with van der Waals surface area (Å²) in [5.41, 5.74) is 1.38. The predicted molar refractivity (Wildman–Crippen MR) is 68.4 cm³/mol. The number of rotatable bonds is 3. The van der Waals surface area contributed by atoms with Gasteiger partial charge in [0.1, 0.15) is 0 Å². The Hall–Kier alpha value is -1.42. The molecule has 92 valence electrons. The van der Waals surface area contributed by atoms with Crippen molar-refractivity contribution in [2.24, 2.45) is 16.2 Å². The van der Waals surface area contributed by atoms with E-state index in [1.807, 2.05) is 0 Å². The van der Waals surface area contributed by atoms with Crippen molar-refractivity contribution < 1.29 is 0 Å². The number of likely N-dealkylation sites (tertiary alicyclic amines) is 1. The second-order valence-electron chi connectivity index (χ2n) is 4.58. The highest BCUT2D eigenvalue weighted by molar-refractivity contribution is 5.14. The zero-order valence-corrected chi connectivity index (χ0v) is 10.1. The molecule has 1 aliphatic heterocycles. The second-order valence-corrected chi connectivity index (χ2v) is 4.58. The molecule has 0 saturated carbocycles. The summed E-state index contributed by atoms with van der Waals surface area (Å²) in [6, 6.07) is 10.9. The molecule has 1 fully saturated rings. The number of benzene rings is 1. The van der Waals surface area contributed by atoms with Gasteiger partial charge in [-0.15, -0.1) is 0 Å². The summed E-state index contributed by atoms with van der Waals surface area (Å²) < 4.78 is 0. The molecule has 0 aromatic heterocycles. The standard InChI is InChI=1S/C13H20N4/c14-16-15-13-7-4-9-17(10-8-13)11-12-5-2-1-3-6-12/h1-3,5-6,13H,4,7-11H2,(H2,14,15). The van der Waals surface area contributed by atoms with Crippen LogP contribution in [0.25, 0.3) is 0 Å². The summed E-state index contributed by atoms with van der Waals surface area (Å²) in [6.07, 6.45) is 3.34. The van der Waals surface area contributed by atoms with Crippen molar-refractivity contribution in [2.75, 3.05) is 13.1 Å². The smallest absolute Gasteiger partial charge is 0.0742 e. The lowest BCUT2D eigenvalue weighted by molar-refractivity contribution is 0.275. The van der Waals surface area contributed by atoms with E-state index in [1.54, 1.807) is 0 Å². The van der Waals surface area contributed by atoms with Crippen molar-refractivity contribution >= 4 is 0 Å². The molecular formula is C13H20N4. The van der Waals surface area contributed by atoms with Crippen molar-refractivity contribution in [3.63, 3.8) is 0 Å². The predicted octanol–water partition coefficient (Wildman–Crippen LogP) is 2.37. The first-order chi connectivity index (χ1) is 8.38. The lowest BCUT2D eigenvalue weighted by atomic mass is 10.1. The van der Waals surface area contributed by atoms with Crippen LogP contribution in [0.3, 0.4) is 0 Å². The Kier molecular flexibility index (Phi) is 4.50. The van der Waals surface area contributed by atoms with Crippen LogP contribution in [-0.4, -0.2) is 24.0 Å². The number of hydrogen-bond donors (Lipinski definition) is 1. The average Bonchev–Trinajstić information content (AvgIpc) is 2.57. The van der Waals surface area contributed by atoms with Crippen LogP contribution < -0.4 is 5.84 Å². The van der Waals surface area contributed by atoms with Crippen molar-refractivity contribution in [3.8, 4) is 0 Å². The van der Waals surface area contributed by atoms with E-state index < -0.39 is 0 Å². The van der Waals surface area contributed by atoms with Crippen LogP contribution in [0.4, 0.5) is 0 Å². The molecule has 0 amide bonds. The number of nitrogens with two attached hydrogens (primary N) is 1. The summed E-state index contributed by atoms with van der Waals surface area (Å²) in [5, 5.41) is 7.48. The molecule has 1 aliphatic rings. The Labute approximate surface area is 102 Å². The van der Waals surface area contributed by atoms with Gasteiger partial charge in [0, 0.05) is 13.1 Å². The van der Waals surface area contributed by atoms with Crippen LogP contribution in [0.2, 0.25) is 0 Å².